The SMILES string of the molecule is CCn1ccc(C(C)NC(=O)c2cn(-c3ccccc3)nc2-c2ccccc2)n1. The Morgan fingerprint density at radius 2 is 1.69 bits per heavy atom. The smallest absolute Gasteiger partial charge is 0.255 e. The van der Waals surface area contributed by atoms with Crippen LogP contribution in [0.25, 0.3) is 16.9 Å². The van der Waals surface area contributed by atoms with Crippen LogP contribution in [0, 0.1) is 0 Å². The van der Waals surface area contributed by atoms with Gasteiger partial charge in [0, 0.05) is 24.5 Å². The van der Waals surface area contributed by atoms with Gasteiger partial charge >= 0.3 is 0 Å². The van der Waals surface area contributed by atoms with Crippen molar-refractivity contribution in [1.29, 1.82) is 0 Å². The minimum absolute atomic E-state index is 0.176. The fraction of sp³-hybridized carbons (Fsp3) is 0.174. The van der Waals surface area contributed by atoms with E-state index in [0.717, 1.165) is 23.5 Å². The van der Waals surface area contributed by atoms with Crippen molar-refractivity contribution in [2.75, 3.05) is 0 Å². The van der Waals surface area contributed by atoms with E-state index in [-0.39, 0.29) is 11.9 Å². The highest BCUT2D eigenvalue weighted by atomic mass is 16.1. The average Bonchev–Trinajstić information content (AvgIpc) is 3.43. The van der Waals surface area contributed by atoms with E-state index in [1.807, 2.05) is 91.5 Å². The fourth-order valence-corrected chi connectivity index (χ4v) is 3.20. The van der Waals surface area contributed by atoms with Crippen LogP contribution in [0.2, 0.25) is 0 Å². The fourth-order valence-electron chi connectivity index (χ4n) is 3.20. The van der Waals surface area contributed by atoms with E-state index in [1.165, 1.54) is 0 Å². The van der Waals surface area contributed by atoms with Crippen LogP contribution in [0.15, 0.2) is 79.1 Å². The van der Waals surface area contributed by atoms with Gasteiger partial charge in [-0.05, 0) is 32.0 Å². The second-order valence-electron chi connectivity index (χ2n) is 6.83. The number of rotatable bonds is 6. The molecule has 29 heavy (non-hydrogen) atoms. The predicted molar refractivity (Wildman–Crippen MR) is 113 cm³/mol. The molecule has 0 bridgehead atoms. The number of nitrogens with one attached hydrogen (secondary N) is 1. The van der Waals surface area contributed by atoms with Gasteiger partial charge in [0.1, 0.15) is 5.69 Å². The number of carbonyl (C=O) groups excluding carboxylic acids is 1. The molecule has 146 valence electrons. The molecule has 0 saturated carbocycles. The Labute approximate surface area is 169 Å². The zero-order chi connectivity index (χ0) is 20.2. The number of hydrogen-bond donors (Lipinski definition) is 1. The van der Waals surface area contributed by atoms with Crippen molar-refractivity contribution in [3.63, 3.8) is 0 Å². The summed E-state index contributed by atoms with van der Waals surface area (Å²) >= 11 is 0. The molecule has 4 rings (SSSR count). The molecule has 4 aromatic rings. The van der Waals surface area contributed by atoms with Crippen LogP contribution in [0.4, 0.5) is 0 Å². The van der Waals surface area contributed by atoms with Crippen molar-refractivity contribution >= 4 is 5.91 Å². The van der Waals surface area contributed by atoms with Crippen LogP contribution < -0.4 is 5.32 Å². The van der Waals surface area contributed by atoms with Crippen LogP contribution in [-0.2, 0) is 6.54 Å². The van der Waals surface area contributed by atoms with Crippen LogP contribution in [0.5, 0.6) is 0 Å². The topological polar surface area (TPSA) is 64.7 Å². The highest BCUT2D eigenvalue weighted by Crippen LogP contribution is 2.24. The van der Waals surface area contributed by atoms with E-state index >= 15 is 0 Å². The minimum Gasteiger partial charge on any atom is -0.344 e. The molecule has 0 fully saturated rings. The number of hydrogen-bond acceptors (Lipinski definition) is 3. The van der Waals surface area contributed by atoms with Gasteiger partial charge in [0.15, 0.2) is 0 Å². The van der Waals surface area contributed by atoms with E-state index in [1.54, 1.807) is 10.9 Å². The maximum Gasteiger partial charge on any atom is 0.255 e. The summed E-state index contributed by atoms with van der Waals surface area (Å²) < 4.78 is 3.59. The number of para-hydroxylation sites is 1. The first-order valence-electron chi connectivity index (χ1n) is 9.70. The van der Waals surface area contributed by atoms with Crippen LogP contribution in [-0.4, -0.2) is 25.5 Å². The van der Waals surface area contributed by atoms with Gasteiger partial charge in [-0.25, -0.2) is 4.68 Å². The first kappa shape index (κ1) is 18.7. The number of nitrogens with zero attached hydrogens (tertiary/aromatic N) is 4. The van der Waals surface area contributed by atoms with E-state index in [0.29, 0.717) is 11.3 Å². The molecule has 2 heterocycles. The van der Waals surface area contributed by atoms with Crippen LogP contribution in [0.3, 0.4) is 0 Å². The van der Waals surface area contributed by atoms with Gasteiger partial charge in [-0.2, -0.15) is 10.2 Å². The second kappa shape index (κ2) is 8.14. The van der Waals surface area contributed by atoms with Crippen molar-refractivity contribution in [3.8, 4) is 16.9 Å². The summed E-state index contributed by atoms with van der Waals surface area (Å²) in [5.74, 6) is -0.176. The molecule has 1 amide bonds. The number of amides is 1. The Balaban J connectivity index is 1.67. The molecule has 0 aliphatic heterocycles. The lowest BCUT2D eigenvalue weighted by molar-refractivity contribution is 0.0939. The molecule has 0 spiro atoms. The van der Waals surface area contributed by atoms with Crippen molar-refractivity contribution in [1.82, 2.24) is 24.9 Å². The first-order valence-corrected chi connectivity index (χ1v) is 9.70. The molecule has 6 heteroatoms. The summed E-state index contributed by atoms with van der Waals surface area (Å²) in [6.45, 7) is 4.76. The standard InChI is InChI=1S/C23H23N5O/c1-3-27-15-14-21(25-27)17(2)24-23(29)20-16-28(19-12-8-5-9-13-19)26-22(20)18-10-6-4-7-11-18/h4-17H,3H2,1-2H3,(H,24,29). The van der Waals surface area contributed by atoms with Gasteiger partial charge in [-0.1, -0.05) is 48.5 Å². The van der Waals surface area contributed by atoms with Crippen molar-refractivity contribution in [2.45, 2.75) is 26.4 Å². The Morgan fingerprint density at radius 3 is 2.34 bits per heavy atom. The van der Waals surface area contributed by atoms with E-state index < -0.39 is 0 Å². The zero-order valence-corrected chi connectivity index (χ0v) is 16.5. The molecule has 6 nitrogen and oxygen atoms in total. The van der Waals surface area contributed by atoms with E-state index in [2.05, 4.69) is 10.4 Å². The van der Waals surface area contributed by atoms with Crippen molar-refractivity contribution in [3.05, 3.63) is 90.4 Å². The van der Waals surface area contributed by atoms with Gasteiger partial charge in [0.25, 0.3) is 5.91 Å². The van der Waals surface area contributed by atoms with E-state index in [4.69, 9.17) is 5.10 Å². The molecule has 2 aromatic heterocycles. The lowest BCUT2D eigenvalue weighted by Gasteiger charge is -2.11. The summed E-state index contributed by atoms with van der Waals surface area (Å²) in [6.07, 6.45) is 3.70. The normalized spacial score (nSPS) is 11.9. The maximum absolute atomic E-state index is 13.1. The average molecular weight is 385 g/mol. The molecule has 1 unspecified atom stereocenters. The summed E-state index contributed by atoms with van der Waals surface area (Å²) in [7, 11) is 0. The Hall–Kier alpha value is -3.67. The minimum atomic E-state index is -0.209. The largest absolute Gasteiger partial charge is 0.344 e. The van der Waals surface area contributed by atoms with Gasteiger partial charge in [0.05, 0.1) is 23.0 Å². The van der Waals surface area contributed by atoms with Gasteiger partial charge in [-0.15, -0.1) is 0 Å². The van der Waals surface area contributed by atoms with Crippen molar-refractivity contribution in [2.24, 2.45) is 0 Å². The third-order valence-electron chi connectivity index (χ3n) is 4.80. The lowest BCUT2D eigenvalue weighted by Crippen LogP contribution is -2.27. The molecule has 1 atom stereocenters. The predicted octanol–water partition coefficient (Wildman–Crippen LogP) is 4.25. The highest BCUT2D eigenvalue weighted by Gasteiger charge is 2.21. The molecule has 1 N–H and O–H groups in total. The highest BCUT2D eigenvalue weighted by molar-refractivity contribution is 6.00. The Morgan fingerprint density at radius 1 is 1.00 bits per heavy atom. The monoisotopic (exact) mass is 385 g/mol. The molecule has 2 aromatic carbocycles. The zero-order valence-electron chi connectivity index (χ0n) is 16.5. The number of benzene rings is 2. The molecule has 0 aliphatic rings. The summed E-state index contributed by atoms with van der Waals surface area (Å²) in [5, 5.41) is 12.3. The number of aryl methyl sites for hydroxylation is 1. The Bertz CT molecular complexity index is 1100. The van der Waals surface area contributed by atoms with Crippen LogP contribution in [0.1, 0.15) is 35.9 Å². The third kappa shape index (κ3) is 3.96. The summed E-state index contributed by atoms with van der Waals surface area (Å²) in [4.78, 5) is 13.1. The quantitative estimate of drug-likeness (QED) is 0.540. The molecular formula is C23H23N5O. The summed E-state index contributed by atoms with van der Waals surface area (Å²) in [6, 6.07) is 21.3. The summed E-state index contributed by atoms with van der Waals surface area (Å²) in [5.41, 5.74) is 3.81. The molecular weight excluding hydrogens is 362 g/mol. The first-order chi connectivity index (χ1) is 14.2. The number of carbonyl (C=O) groups is 1. The van der Waals surface area contributed by atoms with Crippen molar-refractivity contribution < 1.29 is 4.79 Å². The lowest BCUT2D eigenvalue weighted by atomic mass is 10.1. The van der Waals surface area contributed by atoms with Crippen LogP contribution >= 0.6 is 0 Å². The molecule has 0 aliphatic carbocycles. The molecule has 0 radical (unpaired) electrons. The third-order valence-corrected chi connectivity index (χ3v) is 4.80. The Kier molecular flexibility index (Phi) is 5.24. The van der Waals surface area contributed by atoms with E-state index in [9.17, 15) is 4.79 Å². The van der Waals surface area contributed by atoms with Gasteiger partial charge in [0.2, 0.25) is 0 Å². The number of aromatic nitrogens is 4. The molecule has 0 saturated heterocycles. The maximum atomic E-state index is 13.1. The van der Waals surface area contributed by atoms with Gasteiger partial charge in [-0.3, -0.25) is 9.48 Å². The van der Waals surface area contributed by atoms with Gasteiger partial charge < -0.3 is 5.32 Å². The second-order valence-corrected chi connectivity index (χ2v) is 6.83.